The Morgan fingerprint density at radius 2 is 1.72 bits per heavy atom. The van der Waals surface area contributed by atoms with Crippen molar-refractivity contribution in [3.63, 3.8) is 0 Å². The van der Waals surface area contributed by atoms with Crippen LogP contribution in [0.25, 0.3) is 0 Å². The quantitative estimate of drug-likeness (QED) is 0.836. The van der Waals surface area contributed by atoms with Crippen molar-refractivity contribution in [1.82, 2.24) is 5.32 Å². The molecule has 99 valence electrons. The van der Waals surface area contributed by atoms with E-state index in [9.17, 15) is 4.79 Å². The summed E-state index contributed by atoms with van der Waals surface area (Å²) in [4.78, 5) is 11.8. The highest BCUT2D eigenvalue weighted by molar-refractivity contribution is 5.95. The van der Waals surface area contributed by atoms with Crippen molar-refractivity contribution in [2.45, 2.75) is 6.42 Å². The Bertz CT molecular complexity index is 392. The highest BCUT2D eigenvalue weighted by Gasteiger charge is 2.16. The van der Waals surface area contributed by atoms with Gasteiger partial charge in [-0.25, -0.2) is 0 Å². The summed E-state index contributed by atoms with van der Waals surface area (Å²) in [5, 5.41) is 2.74. The molecule has 0 fully saturated rings. The van der Waals surface area contributed by atoms with Gasteiger partial charge in [0.15, 0.2) is 11.5 Å². The number of carbonyl (C=O) groups is 1. The molecule has 1 aromatic rings. The first-order chi connectivity index (χ1) is 8.67. The molecular formula is C13H18NO4. The minimum atomic E-state index is -0.196. The molecule has 1 N–H and O–H groups in total. The first-order valence-electron chi connectivity index (χ1n) is 5.55. The minimum Gasteiger partial charge on any atom is -0.493 e. The van der Waals surface area contributed by atoms with Gasteiger partial charge in [-0.2, -0.15) is 0 Å². The second-order valence-corrected chi connectivity index (χ2v) is 3.52. The van der Waals surface area contributed by atoms with Gasteiger partial charge in [-0.15, -0.1) is 0 Å². The molecule has 0 aliphatic rings. The first-order valence-corrected chi connectivity index (χ1v) is 5.55. The van der Waals surface area contributed by atoms with E-state index in [0.29, 0.717) is 35.8 Å². The number of carbonyl (C=O) groups excluding carboxylic acids is 1. The van der Waals surface area contributed by atoms with Crippen LogP contribution in [0.3, 0.4) is 0 Å². The van der Waals surface area contributed by atoms with Gasteiger partial charge in [0.25, 0.3) is 5.91 Å². The van der Waals surface area contributed by atoms with Crippen molar-refractivity contribution >= 4 is 5.91 Å². The lowest BCUT2D eigenvalue weighted by atomic mass is 10.1. The van der Waals surface area contributed by atoms with Crippen LogP contribution in [0, 0.1) is 6.92 Å². The normalized spacial score (nSPS) is 9.78. The summed E-state index contributed by atoms with van der Waals surface area (Å²) in [5.41, 5.74) is 0.456. The highest BCUT2D eigenvalue weighted by atomic mass is 16.5. The van der Waals surface area contributed by atoms with Gasteiger partial charge < -0.3 is 19.5 Å². The largest absolute Gasteiger partial charge is 0.493 e. The van der Waals surface area contributed by atoms with Crippen LogP contribution in [0.5, 0.6) is 17.2 Å². The van der Waals surface area contributed by atoms with Gasteiger partial charge in [-0.05, 0) is 18.6 Å². The zero-order valence-corrected chi connectivity index (χ0v) is 10.9. The van der Waals surface area contributed by atoms with Crippen molar-refractivity contribution in [3.05, 3.63) is 24.6 Å². The molecule has 0 aliphatic heterocycles. The number of hydrogen-bond donors (Lipinski definition) is 1. The summed E-state index contributed by atoms with van der Waals surface area (Å²) in [6.45, 7) is 4.19. The lowest BCUT2D eigenvalue weighted by molar-refractivity contribution is 0.0953. The molecule has 18 heavy (non-hydrogen) atoms. The van der Waals surface area contributed by atoms with Crippen LogP contribution in [0.2, 0.25) is 0 Å². The fourth-order valence-electron chi connectivity index (χ4n) is 1.52. The third-order valence-corrected chi connectivity index (χ3v) is 2.39. The molecule has 1 radical (unpaired) electrons. The summed E-state index contributed by atoms with van der Waals surface area (Å²) < 4.78 is 15.5. The van der Waals surface area contributed by atoms with Gasteiger partial charge in [-0.1, -0.05) is 6.92 Å². The monoisotopic (exact) mass is 252 g/mol. The maximum atomic E-state index is 11.8. The Morgan fingerprint density at radius 3 is 2.11 bits per heavy atom. The summed E-state index contributed by atoms with van der Waals surface area (Å²) in [6.07, 6.45) is 0.635. The van der Waals surface area contributed by atoms with Crippen LogP contribution in [0.15, 0.2) is 12.1 Å². The summed E-state index contributed by atoms with van der Waals surface area (Å²) in [7, 11) is 4.53. The molecule has 0 spiro atoms. The number of ether oxygens (including phenoxy) is 3. The standard InChI is InChI=1S/C13H18NO4/c1-5-6-14-13(15)9-7-10(16-2)12(18-4)11(8-9)17-3/h7-8H,1,5-6H2,2-4H3,(H,14,15). The fourth-order valence-corrected chi connectivity index (χ4v) is 1.52. The lowest BCUT2D eigenvalue weighted by Crippen LogP contribution is -2.24. The van der Waals surface area contributed by atoms with Gasteiger partial charge >= 0.3 is 0 Å². The fraction of sp³-hybridized carbons (Fsp3) is 0.385. The Balaban J connectivity index is 3.10. The molecule has 5 nitrogen and oxygen atoms in total. The van der Waals surface area contributed by atoms with E-state index in [2.05, 4.69) is 12.2 Å². The Labute approximate surface area is 107 Å². The van der Waals surface area contributed by atoms with E-state index in [-0.39, 0.29) is 5.91 Å². The predicted octanol–water partition coefficient (Wildman–Crippen LogP) is 1.67. The van der Waals surface area contributed by atoms with E-state index in [4.69, 9.17) is 14.2 Å². The van der Waals surface area contributed by atoms with E-state index in [1.54, 1.807) is 12.1 Å². The van der Waals surface area contributed by atoms with Crippen LogP contribution < -0.4 is 19.5 Å². The Hall–Kier alpha value is -1.91. The molecule has 5 heteroatoms. The molecule has 0 saturated carbocycles. The van der Waals surface area contributed by atoms with Crippen LogP contribution in [-0.2, 0) is 0 Å². The maximum absolute atomic E-state index is 11.8. The molecule has 0 atom stereocenters. The Morgan fingerprint density at radius 1 is 1.17 bits per heavy atom. The number of methoxy groups -OCH3 is 3. The molecular weight excluding hydrogens is 234 g/mol. The topological polar surface area (TPSA) is 56.8 Å². The van der Waals surface area contributed by atoms with Crippen molar-refractivity contribution in [1.29, 1.82) is 0 Å². The molecule has 0 saturated heterocycles. The average Bonchev–Trinajstić information content (AvgIpc) is 2.42. The summed E-state index contributed by atoms with van der Waals surface area (Å²) >= 11 is 0. The molecule has 0 bridgehead atoms. The predicted molar refractivity (Wildman–Crippen MR) is 68.4 cm³/mol. The SMILES string of the molecule is [CH2]CCNC(=O)c1cc(OC)c(OC)c(OC)c1. The zero-order chi connectivity index (χ0) is 13.5. The van der Waals surface area contributed by atoms with E-state index in [1.807, 2.05) is 0 Å². The van der Waals surface area contributed by atoms with Crippen LogP contribution >= 0.6 is 0 Å². The number of benzene rings is 1. The second kappa shape index (κ2) is 6.74. The van der Waals surface area contributed by atoms with E-state index in [1.165, 1.54) is 21.3 Å². The lowest BCUT2D eigenvalue weighted by Gasteiger charge is -2.13. The molecule has 1 amide bonds. The number of amides is 1. The molecule has 1 rings (SSSR count). The smallest absolute Gasteiger partial charge is 0.251 e. The van der Waals surface area contributed by atoms with E-state index < -0.39 is 0 Å². The summed E-state index contributed by atoms with van der Waals surface area (Å²) in [5.74, 6) is 1.18. The van der Waals surface area contributed by atoms with Gasteiger partial charge in [0.1, 0.15) is 0 Å². The maximum Gasteiger partial charge on any atom is 0.251 e. The molecule has 1 aromatic carbocycles. The Kier molecular flexibility index (Phi) is 5.30. The number of hydrogen-bond acceptors (Lipinski definition) is 4. The average molecular weight is 252 g/mol. The number of nitrogens with one attached hydrogen (secondary N) is 1. The van der Waals surface area contributed by atoms with Crippen molar-refractivity contribution in [2.75, 3.05) is 27.9 Å². The van der Waals surface area contributed by atoms with Gasteiger partial charge in [-0.3, -0.25) is 4.79 Å². The van der Waals surface area contributed by atoms with Crippen LogP contribution in [0.4, 0.5) is 0 Å². The first kappa shape index (κ1) is 14.2. The van der Waals surface area contributed by atoms with Crippen LogP contribution in [0.1, 0.15) is 16.8 Å². The van der Waals surface area contributed by atoms with Crippen molar-refractivity contribution in [3.8, 4) is 17.2 Å². The van der Waals surface area contributed by atoms with Gasteiger partial charge in [0.2, 0.25) is 5.75 Å². The minimum absolute atomic E-state index is 0.196. The second-order valence-electron chi connectivity index (χ2n) is 3.52. The van der Waals surface area contributed by atoms with E-state index in [0.717, 1.165) is 0 Å². The molecule has 0 aromatic heterocycles. The zero-order valence-electron chi connectivity index (χ0n) is 10.9. The third-order valence-electron chi connectivity index (χ3n) is 2.39. The van der Waals surface area contributed by atoms with Gasteiger partial charge in [0.05, 0.1) is 21.3 Å². The van der Waals surface area contributed by atoms with Crippen molar-refractivity contribution in [2.24, 2.45) is 0 Å². The molecule has 0 heterocycles. The van der Waals surface area contributed by atoms with E-state index >= 15 is 0 Å². The van der Waals surface area contributed by atoms with Gasteiger partial charge in [0, 0.05) is 12.1 Å². The molecule has 0 aliphatic carbocycles. The third kappa shape index (κ3) is 3.06. The van der Waals surface area contributed by atoms with Crippen molar-refractivity contribution < 1.29 is 19.0 Å². The van der Waals surface area contributed by atoms with Crippen LogP contribution in [-0.4, -0.2) is 33.8 Å². The number of rotatable bonds is 6. The highest BCUT2D eigenvalue weighted by Crippen LogP contribution is 2.38. The molecule has 0 unspecified atom stereocenters. The summed E-state index contributed by atoms with van der Waals surface area (Å²) in [6, 6.07) is 3.22.